The van der Waals surface area contributed by atoms with E-state index >= 15 is 0 Å². The van der Waals surface area contributed by atoms with Gasteiger partial charge in [-0.05, 0) is 30.9 Å². The number of allylic oxidation sites excluding steroid dienone is 1. The summed E-state index contributed by atoms with van der Waals surface area (Å²) >= 11 is 0. The summed E-state index contributed by atoms with van der Waals surface area (Å²) in [6, 6.07) is 8.77. The third-order valence-electron chi connectivity index (χ3n) is 3.45. The molecule has 1 aromatic carbocycles. The number of benzene rings is 1. The zero-order chi connectivity index (χ0) is 13.1. The van der Waals surface area contributed by atoms with Gasteiger partial charge in [0.1, 0.15) is 0 Å². The molecule has 0 aliphatic carbocycles. The van der Waals surface area contributed by atoms with Crippen molar-refractivity contribution in [3.05, 3.63) is 41.5 Å². The Balaban J connectivity index is 2.22. The van der Waals surface area contributed by atoms with E-state index in [4.69, 9.17) is 0 Å². The van der Waals surface area contributed by atoms with Crippen LogP contribution in [0.1, 0.15) is 69.9 Å². The van der Waals surface area contributed by atoms with Crippen LogP contribution >= 0.6 is 0 Å². The Morgan fingerprint density at radius 3 is 2.28 bits per heavy atom. The Bertz CT molecular complexity index is 336. The van der Waals surface area contributed by atoms with Crippen LogP contribution in [-0.2, 0) is 6.42 Å². The second-order valence-electron chi connectivity index (χ2n) is 5.07. The van der Waals surface area contributed by atoms with E-state index in [-0.39, 0.29) is 0 Å². The van der Waals surface area contributed by atoms with Gasteiger partial charge in [-0.2, -0.15) is 0 Å². The maximum Gasteiger partial charge on any atom is -0.0228 e. The van der Waals surface area contributed by atoms with Crippen LogP contribution in [0.25, 0.3) is 6.08 Å². The summed E-state index contributed by atoms with van der Waals surface area (Å²) in [5, 5.41) is 0. The van der Waals surface area contributed by atoms with Crippen molar-refractivity contribution in [1.29, 1.82) is 0 Å². The van der Waals surface area contributed by atoms with Crippen LogP contribution in [-0.4, -0.2) is 0 Å². The molecule has 0 aromatic heterocycles. The van der Waals surface area contributed by atoms with Crippen LogP contribution in [0.3, 0.4) is 0 Å². The standard InChI is InChI=1S/C18H28/c1-3-5-6-7-8-9-10-14-18-16-12-11-15-17(18)13-4-2/h4,11-13,15-16H,3,5-10,14H2,1-2H3/b13-4+. The number of unbranched alkanes of at least 4 members (excludes halogenated alkanes) is 6. The highest BCUT2D eigenvalue weighted by atomic mass is 14.0. The van der Waals surface area contributed by atoms with Crippen molar-refractivity contribution >= 4 is 6.08 Å². The van der Waals surface area contributed by atoms with E-state index < -0.39 is 0 Å². The van der Waals surface area contributed by atoms with Gasteiger partial charge in [0.15, 0.2) is 0 Å². The topological polar surface area (TPSA) is 0 Å². The Labute approximate surface area is 113 Å². The summed E-state index contributed by atoms with van der Waals surface area (Å²) in [6.07, 6.45) is 15.3. The molecule has 0 radical (unpaired) electrons. The molecule has 0 aliphatic rings. The molecule has 0 saturated carbocycles. The largest absolute Gasteiger partial charge is 0.0871 e. The van der Waals surface area contributed by atoms with Crippen molar-refractivity contribution in [2.75, 3.05) is 0 Å². The zero-order valence-corrected chi connectivity index (χ0v) is 12.1. The Hall–Kier alpha value is -1.04. The number of aryl methyl sites for hydroxylation is 1. The van der Waals surface area contributed by atoms with Crippen LogP contribution in [0.2, 0.25) is 0 Å². The monoisotopic (exact) mass is 244 g/mol. The molecule has 18 heavy (non-hydrogen) atoms. The Kier molecular flexibility index (Phi) is 8.29. The van der Waals surface area contributed by atoms with Gasteiger partial charge in [-0.25, -0.2) is 0 Å². The van der Waals surface area contributed by atoms with Crippen molar-refractivity contribution in [1.82, 2.24) is 0 Å². The highest BCUT2D eigenvalue weighted by molar-refractivity contribution is 5.53. The highest BCUT2D eigenvalue weighted by Crippen LogP contribution is 2.15. The molecule has 0 heteroatoms. The van der Waals surface area contributed by atoms with Gasteiger partial charge in [0.2, 0.25) is 0 Å². The second-order valence-corrected chi connectivity index (χ2v) is 5.07. The lowest BCUT2D eigenvalue weighted by Crippen LogP contribution is -1.90. The molecule has 0 heterocycles. The maximum atomic E-state index is 2.28. The van der Waals surface area contributed by atoms with E-state index in [9.17, 15) is 0 Å². The third kappa shape index (κ3) is 6.05. The Morgan fingerprint density at radius 2 is 1.56 bits per heavy atom. The van der Waals surface area contributed by atoms with Crippen molar-refractivity contribution < 1.29 is 0 Å². The molecule has 0 N–H and O–H groups in total. The summed E-state index contributed by atoms with van der Waals surface area (Å²) in [6.45, 7) is 4.36. The molecule has 0 atom stereocenters. The average Bonchev–Trinajstić information content (AvgIpc) is 2.40. The second kappa shape index (κ2) is 9.94. The van der Waals surface area contributed by atoms with E-state index in [2.05, 4.69) is 50.3 Å². The lowest BCUT2D eigenvalue weighted by atomic mass is 10.00. The first-order chi connectivity index (χ1) is 8.88. The van der Waals surface area contributed by atoms with E-state index in [0.29, 0.717) is 0 Å². The van der Waals surface area contributed by atoms with Crippen LogP contribution in [0, 0.1) is 0 Å². The predicted octanol–water partition coefficient (Wildman–Crippen LogP) is 6.01. The molecular formula is C18H28. The molecule has 0 aliphatic heterocycles. The maximum absolute atomic E-state index is 2.28. The van der Waals surface area contributed by atoms with E-state index in [0.717, 1.165) is 0 Å². The molecule has 0 fully saturated rings. The third-order valence-corrected chi connectivity index (χ3v) is 3.45. The minimum Gasteiger partial charge on any atom is -0.0871 e. The number of hydrogen-bond acceptors (Lipinski definition) is 0. The van der Waals surface area contributed by atoms with Gasteiger partial charge in [0.25, 0.3) is 0 Å². The first-order valence-electron chi connectivity index (χ1n) is 7.59. The van der Waals surface area contributed by atoms with E-state index in [1.807, 2.05) is 0 Å². The highest BCUT2D eigenvalue weighted by Gasteiger charge is 1.98. The van der Waals surface area contributed by atoms with Crippen molar-refractivity contribution in [3.8, 4) is 0 Å². The summed E-state index contributed by atoms with van der Waals surface area (Å²) in [5.74, 6) is 0. The molecule has 0 saturated heterocycles. The molecule has 0 bridgehead atoms. The van der Waals surface area contributed by atoms with Gasteiger partial charge < -0.3 is 0 Å². The lowest BCUT2D eigenvalue weighted by Gasteiger charge is -2.06. The van der Waals surface area contributed by atoms with Gasteiger partial charge in [0.05, 0.1) is 0 Å². The fourth-order valence-electron chi connectivity index (χ4n) is 2.38. The number of hydrogen-bond donors (Lipinski definition) is 0. The van der Waals surface area contributed by atoms with Gasteiger partial charge in [0, 0.05) is 0 Å². The lowest BCUT2D eigenvalue weighted by molar-refractivity contribution is 0.589. The van der Waals surface area contributed by atoms with Crippen molar-refractivity contribution in [3.63, 3.8) is 0 Å². The van der Waals surface area contributed by atoms with Gasteiger partial charge in [-0.1, -0.05) is 81.9 Å². The Morgan fingerprint density at radius 1 is 0.889 bits per heavy atom. The molecule has 1 rings (SSSR count). The van der Waals surface area contributed by atoms with Crippen molar-refractivity contribution in [2.45, 2.75) is 65.2 Å². The normalized spacial score (nSPS) is 11.2. The summed E-state index contributed by atoms with van der Waals surface area (Å²) in [7, 11) is 0. The van der Waals surface area contributed by atoms with Gasteiger partial charge >= 0.3 is 0 Å². The number of rotatable bonds is 9. The van der Waals surface area contributed by atoms with E-state index in [1.54, 1.807) is 0 Å². The molecule has 0 unspecified atom stereocenters. The molecule has 0 nitrogen and oxygen atoms in total. The molecular weight excluding hydrogens is 216 g/mol. The van der Waals surface area contributed by atoms with E-state index in [1.165, 1.54) is 62.5 Å². The first-order valence-corrected chi connectivity index (χ1v) is 7.59. The van der Waals surface area contributed by atoms with Crippen LogP contribution in [0.4, 0.5) is 0 Å². The predicted molar refractivity (Wildman–Crippen MR) is 82.8 cm³/mol. The molecule has 0 spiro atoms. The van der Waals surface area contributed by atoms with Crippen LogP contribution in [0.15, 0.2) is 30.3 Å². The fraction of sp³-hybridized carbons (Fsp3) is 0.556. The average molecular weight is 244 g/mol. The first kappa shape index (κ1) is 15.0. The molecule has 1 aromatic rings. The van der Waals surface area contributed by atoms with Gasteiger partial charge in [-0.15, -0.1) is 0 Å². The minimum absolute atomic E-state index is 1.23. The molecule has 0 amide bonds. The molecule has 100 valence electrons. The fourth-order valence-corrected chi connectivity index (χ4v) is 2.38. The van der Waals surface area contributed by atoms with Crippen LogP contribution < -0.4 is 0 Å². The van der Waals surface area contributed by atoms with Crippen LogP contribution in [0.5, 0.6) is 0 Å². The van der Waals surface area contributed by atoms with Gasteiger partial charge in [-0.3, -0.25) is 0 Å². The smallest absolute Gasteiger partial charge is 0.0228 e. The SMILES string of the molecule is C/C=C/c1ccccc1CCCCCCCCC. The summed E-state index contributed by atoms with van der Waals surface area (Å²) in [4.78, 5) is 0. The summed E-state index contributed by atoms with van der Waals surface area (Å²) < 4.78 is 0. The zero-order valence-electron chi connectivity index (χ0n) is 12.1. The quantitative estimate of drug-likeness (QED) is 0.466. The van der Waals surface area contributed by atoms with Crippen molar-refractivity contribution in [2.24, 2.45) is 0 Å². The minimum atomic E-state index is 1.23. The summed E-state index contributed by atoms with van der Waals surface area (Å²) in [5.41, 5.74) is 2.90.